The molecule has 138 valence electrons. The smallest absolute Gasteiger partial charge is 0.339 e. The zero-order chi connectivity index (χ0) is 18.9. The number of ether oxygens (including phenoxy) is 3. The van der Waals surface area contributed by atoms with E-state index in [0.29, 0.717) is 29.3 Å². The van der Waals surface area contributed by atoms with E-state index in [1.807, 2.05) is 6.07 Å². The fraction of sp³-hybridized carbons (Fsp3) is 0.263. The van der Waals surface area contributed by atoms with E-state index in [2.05, 4.69) is 10.6 Å². The number of anilines is 1. The molecule has 0 aliphatic heterocycles. The largest absolute Gasteiger partial charge is 0.493 e. The molecule has 0 aliphatic rings. The second-order valence-corrected chi connectivity index (χ2v) is 5.36. The van der Waals surface area contributed by atoms with E-state index in [4.69, 9.17) is 14.2 Å². The van der Waals surface area contributed by atoms with Crippen LogP contribution in [0.2, 0.25) is 0 Å². The van der Waals surface area contributed by atoms with Crippen LogP contribution >= 0.6 is 0 Å². The van der Waals surface area contributed by atoms with Crippen LogP contribution in [0.1, 0.15) is 15.9 Å². The molecule has 1 amide bonds. The van der Waals surface area contributed by atoms with Gasteiger partial charge in [-0.1, -0.05) is 18.2 Å². The maximum Gasteiger partial charge on any atom is 0.339 e. The highest BCUT2D eigenvalue weighted by molar-refractivity contribution is 5.96. The zero-order valence-corrected chi connectivity index (χ0v) is 15.0. The standard InChI is InChI=1S/C19H22N2O5/c1-24-16-9-8-13(10-17(16)25-2)11-21-18(22)12-20-15-7-5-4-6-14(15)19(23)26-3/h4-10,20H,11-12H2,1-3H3,(H,21,22). The third-order valence-corrected chi connectivity index (χ3v) is 3.71. The lowest BCUT2D eigenvalue weighted by atomic mass is 10.2. The number of para-hydroxylation sites is 1. The number of amides is 1. The Bertz CT molecular complexity index is 776. The third kappa shape index (κ3) is 4.89. The number of rotatable bonds is 8. The molecule has 0 heterocycles. The first kappa shape index (κ1) is 19.1. The Morgan fingerprint density at radius 1 is 0.962 bits per heavy atom. The first-order valence-electron chi connectivity index (χ1n) is 7.97. The molecule has 0 spiro atoms. The van der Waals surface area contributed by atoms with E-state index < -0.39 is 5.97 Å². The Balaban J connectivity index is 1.91. The molecule has 0 fully saturated rings. The van der Waals surface area contributed by atoms with Crippen LogP contribution in [0.25, 0.3) is 0 Å². The molecule has 0 saturated carbocycles. The molecule has 7 heteroatoms. The minimum Gasteiger partial charge on any atom is -0.493 e. The molecular formula is C19H22N2O5. The van der Waals surface area contributed by atoms with E-state index in [1.54, 1.807) is 50.6 Å². The molecule has 26 heavy (non-hydrogen) atoms. The lowest BCUT2D eigenvalue weighted by Crippen LogP contribution is -2.29. The summed E-state index contributed by atoms with van der Waals surface area (Å²) in [5.41, 5.74) is 1.80. The first-order valence-corrected chi connectivity index (χ1v) is 7.97. The normalized spacial score (nSPS) is 9.96. The van der Waals surface area contributed by atoms with Gasteiger partial charge in [-0.2, -0.15) is 0 Å². The SMILES string of the molecule is COC(=O)c1ccccc1NCC(=O)NCc1ccc(OC)c(OC)c1. The molecule has 2 rings (SSSR count). The van der Waals surface area contributed by atoms with Gasteiger partial charge in [-0.05, 0) is 29.8 Å². The predicted octanol–water partition coefficient (Wildman–Crippen LogP) is 2.22. The van der Waals surface area contributed by atoms with E-state index in [-0.39, 0.29) is 12.5 Å². The van der Waals surface area contributed by atoms with Gasteiger partial charge in [0.25, 0.3) is 0 Å². The van der Waals surface area contributed by atoms with Crippen LogP contribution in [0.15, 0.2) is 42.5 Å². The lowest BCUT2D eigenvalue weighted by molar-refractivity contribution is -0.119. The highest BCUT2D eigenvalue weighted by Gasteiger charge is 2.12. The third-order valence-electron chi connectivity index (χ3n) is 3.71. The molecule has 0 atom stereocenters. The summed E-state index contributed by atoms with van der Waals surface area (Å²) < 4.78 is 15.2. The van der Waals surface area contributed by atoms with Gasteiger partial charge in [0.1, 0.15) is 0 Å². The van der Waals surface area contributed by atoms with Crippen LogP contribution in [0.3, 0.4) is 0 Å². The number of hydrogen-bond donors (Lipinski definition) is 2. The molecule has 0 radical (unpaired) electrons. The molecule has 0 aliphatic carbocycles. The number of hydrogen-bond acceptors (Lipinski definition) is 6. The summed E-state index contributed by atoms with van der Waals surface area (Å²) in [5.74, 6) is 0.561. The minimum atomic E-state index is -0.459. The summed E-state index contributed by atoms with van der Waals surface area (Å²) in [6, 6.07) is 12.3. The Hall–Kier alpha value is -3.22. The van der Waals surface area contributed by atoms with Gasteiger partial charge in [0, 0.05) is 12.2 Å². The highest BCUT2D eigenvalue weighted by atomic mass is 16.5. The molecule has 0 unspecified atom stereocenters. The van der Waals surface area contributed by atoms with Gasteiger partial charge >= 0.3 is 5.97 Å². The van der Waals surface area contributed by atoms with E-state index in [0.717, 1.165) is 5.56 Å². The Labute approximate surface area is 152 Å². The van der Waals surface area contributed by atoms with Crippen LogP contribution in [-0.2, 0) is 16.1 Å². The molecule has 2 N–H and O–H groups in total. The van der Waals surface area contributed by atoms with Crippen molar-refractivity contribution in [1.82, 2.24) is 5.32 Å². The van der Waals surface area contributed by atoms with Gasteiger partial charge in [-0.25, -0.2) is 4.79 Å². The van der Waals surface area contributed by atoms with Gasteiger partial charge in [0.15, 0.2) is 11.5 Å². The molecular weight excluding hydrogens is 336 g/mol. The molecule has 7 nitrogen and oxygen atoms in total. The number of nitrogens with one attached hydrogen (secondary N) is 2. The Morgan fingerprint density at radius 2 is 1.69 bits per heavy atom. The quantitative estimate of drug-likeness (QED) is 0.704. The Morgan fingerprint density at radius 3 is 2.38 bits per heavy atom. The van der Waals surface area contributed by atoms with Crippen molar-refractivity contribution >= 4 is 17.6 Å². The first-order chi connectivity index (χ1) is 12.6. The summed E-state index contributed by atoms with van der Waals surface area (Å²) in [4.78, 5) is 23.8. The average molecular weight is 358 g/mol. The number of carbonyl (C=O) groups excluding carboxylic acids is 2. The van der Waals surface area contributed by atoms with Gasteiger partial charge in [-0.15, -0.1) is 0 Å². The number of esters is 1. The van der Waals surface area contributed by atoms with E-state index in [1.165, 1.54) is 7.11 Å². The van der Waals surface area contributed by atoms with Crippen molar-refractivity contribution in [3.05, 3.63) is 53.6 Å². The van der Waals surface area contributed by atoms with Crippen molar-refractivity contribution in [2.24, 2.45) is 0 Å². The molecule has 0 saturated heterocycles. The molecule has 0 aromatic heterocycles. The molecule has 0 bridgehead atoms. The number of benzene rings is 2. The lowest BCUT2D eigenvalue weighted by Gasteiger charge is -2.12. The molecule has 2 aromatic carbocycles. The average Bonchev–Trinajstić information content (AvgIpc) is 2.69. The molecule has 2 aromatic rings. The zero-order valence-electron chi connectivity index (χ0n) is 15.0. The van der Waals surface area contributed by atoms with Crippen molar-refractivity contribution in [3.8, 4) is 11.5 Å². The summed E-state index contributed by atoms with van der Waals surface area (Å²) in [7, 11) is 4.44. The van der Waals surface area contributed by atoms with Gasteiger partial charge in [0.2, 0.25) is 5.91 Å². The second kappa shape index (κ2) is 9.31. The maximum atomic E-state index is 12.1. The monoisotopic (exact) mass is 358 g/mol. The summed E-state index contributed by atoms with van der Waals surface area (Å²) in [6.07, 6.45) is 0. The van der Waals surface area contributed by atoms with Crippen LogP contribution in [-0.4, -0.2) is 39.8 Å². The van der Waals surface area contributed by atoms with Gasteiger partial charge in [-0.3, -0.25) is 4.79 Å². The van der Waals surface area contributed by atoms with Crippen molar-refractivity contribution in [2.75, 3.05) is 33.2 Å². The number of carbonyl (C=O) groups is 2. The highest BCUT2D eigenvalue weighted by Crippen LogP contribution is 2.27. The van der Waals surface area contributed by atoms with Crippen LogP contribution in [0.5, 0.6) is 11.5 Å². The van der Waals surface area contributed by atoms with Crippen molar-refractivity contribution in [1.29, 1.82) is 0 Å². The minimum absolute atomic E-state index is 0.0291. The van der Waals surface area contributed by atoms with Crippen LogP contribution < -0.4 is 20.1 Å². The van der Waals surface area contributed by atoms with Gasteiger partial charge < -0.3 is 24.8 Å². The van der Waals surface area contributed by atoms with Crippen molar-refractivity contribution in [2.45, 2.75) is 6.54 Å². The van der Waals surface area contributed by atoms with Crippen LogP contribution in [0.4, 0.5) is 5.69 Å². The van der Waals surface area contributed by atoms with Gasteiger partial charge in [0.05, 0.1) is 33.4 Å². The topological polar surface area (TPSA) is 85.9 Å². The Kier molecular flexibility index (Phi) is 6.84. The fourth-order valence-electron chi connectivity index (χ4n) is 2.35. The summed E-state index contributed by atoms with van der Waals surface area (Å²) in [5, 5.41) is 5.75. The van der Waals surface area contributed by atoms with Crippen molar-refractivity contribution in [3.63, 3.8) is 0 Å². The summed E-state index contributed by atoms with van der Waals surface area (Å²) in [6.45, 7) is 0.376. The second-order valence-electron chi connectivity index (χ2n) is 5.36. The van der Waals surface area contributed by atoms with E-state index >= 15 is 0 Å². The number of methoxy groups -OCH3 is 3. The fourth-order valence-corrected chi connectivity index (χ4v) is 2.35. The van der Waals surface area contributed by atoms with Crippen molar-refractivity contribution < 1.29 is 23.8 Å². The van der Waals surface area contributed by atoms with Crippen LogP contribution in [0, 0.1) is 0 Å². The maximum absolute atomic E-state index is 12.1. The summed E-state index contributed by atoms with van der Waals surface area (Å²) >= 11 is 0. The predicted molar refractivity (Wildman–Crippen MR) is 97.7 cm³/mol. The van der Waals surface area contributed by atoms with E-state index in [9.17, 15) is 9.59 Å².